The first-order chi connectivity index (χ1) is 12.7. The number of halogens is 1. The second kappa shape index (κ2) is 8.99. The van der Waals surface area contributed by atoms with Gasteiger partial charge >= 0.3 is 0 Å². The summed E-state index contributed by atoms with van der Waals surface area (Å²) in [5.41, 5.74) is 3.66. The molecule has 0 aromatic heterocycles. The molecule has 0 spiro atoms. The molecule has 0 atom stereocenters. The topological polar surface area (TPSA) is 23.8 Å². The van der Waals surface area contributed by atoms with E-state index in [0.717, 1.165) is 11.5 Å². The Morgan fingerprint density at radius 2 is 1.69 bits per heavy atom. The minimum atomic E-state index is -0.429. The predicted octanol–water partition coefficient (Wildman–Crippen LogP) is 6.75. The minimum absolute atomic E-state index is 0.110. The standard InChI is InChI=1S/C24H28FN/c1-2-3-4-18-5-10-21(11-6-18)22-12-7-19(8-13-22)15-20-9-14-23(17-26)24(25)16-20/h7-9,12-14,16,18,21H,2-6,10-11,15H2,1H3. The first-order valence-corrected chi connectivity index (χ1v) is 9.97. The normalized spacial score (nSPS) is 19.9. The van der Waals surface area contributed by atoms with Gasteiger partial charge in [0.2, 0.25) is 0 Å². The van der Waals surface area contributed by atoms with E-state index in [2.05, 4.69) is 31.2 Å². The van der Waals surface area contributed by atoms with Gasteiger partial charge in [-0.15, -0.1) is 0 Å². The SMILES string of the molecule is CCCCC1CCC(c2ccc(Cc3ccc(C#N)c(F)c3)cc2)CC1. The van der Waals surface area contributed by atoms with Crippen LogP contribution in [0.5, 0.6) is 0 Å². The number of unbranched alkanes of at least 4 members (excludes halogenated alkanes) is 1. The van der Waals surface area contributed by atoms with Crippen molar-refractivity contribution >= 4 is 0 Å². The van der Waals surface area contributed by atoms with E-state index in [0.29, 0.717) is 12.3 Å². The van der Waals surface area contributed by atoms with Crippen LogP contribution in [0.4, 0.5) is 4.39 Å². The fraction of sp³-hybridized carbons (Fsp3) is 0.458. The van der Waals surface area contributed by atoms with E-state index in [9.17, 15) is 4.39 Å². The van der Waals surface area contributed by atoms with E-state index in [1.807, 2.05) is 12.1 Å². The molecule has 1 aliphatic carbocycles. The highest BCUT2D eigenvalue weighted by Gasteiger charge is 2.21. The summed E-state index contributed by atoms with van der Waals surface area (Å²) in [4.78, 5) is 0. The molecule has 2 heteroatoms. The zero-order chi connectivity index (χ0) is 18.4. The second-order valence-electron chi connectivity index (χ2n) is 7.70. The number of nitriles is 1. The maximum absolute atomic E-state index is 13.7. The average Bonchev–Trinajstić information content (AvgIpc) is 2.68. The molecule has 0 N–H and O–H groups in total. The van der Waals surface area contributed by atoms with E-state index in [4.69, 9.17) is 5.26 Å². The maximum atomic E-state index is 13.7. The molecule has 0 radical (unpaired) electrons. The van der Waals surface area contributed by atoms with Gasteiger partial charge in [-0.2, -0.15) is 5.26 Å². The Morgan fingerprint density at radius 1 is 1.00 bits per heavy atom. The van der Waals surface area contributed by atoms with Crippen molar-refractivity contribution in [3.8, 4) is 6.07 Å². The number of nitrogens with zero attached hydrogens (tertiary/aromatic N) is 1. The summed E-state index contributed by atoms with van der Waals surface area (Å²) in [5, 5.41) is 8.82. The van der Waals surface area contributed by atoms with Gasteiger partial charge in [0.1, 0.15) is 11.9 Å². The third kappa shape index (κ3) is 4.73. The lowest BCUT2D eigenvalue weighted by molar-refractivity contribution is 0.304. The van der Waals surface area contributed by atoms with Crippen molar-refractivity contribution in [2.24, 2.45) is 5.92 Å². The molecule has 0 heterocycles. The highest BCUT2D eigenvalue weighted by Crippen LogP contribution is 2.37. The van der Waals surface area contributed by atoms with Crippen molar-refractivity contribution in [2.45, 2.75) is 64.2 Å². The Hall–Kier alpha value is -2.14. The lowest BCUT2D eigenvalue weighted by Gasteiger charge is -2.29. The van der Waals surface area contributed by atoms with Crippen molar-refractivity contribution in [1.29, 1.82) is 5.26 Å². The van der Waals surface area contributed by atoms with Gasteiger partial charge < -0.3 is 0 Å². The highest BCUT2D eigenvalue weighted by molar-refractivity contribution is 5.36. The molecule has 0 aliphatic heterocycles. The molecule has 0 unspecified atom stereocenters. The molecule has 1 nitrogen and oxygen atoms in total. The van der Waals surface area contributed by atoms with Crippen LogP contribution in [0.25, 0.3) is 0 Å². The van der Waals surface area contributed by atoms with E-state index < -0.39 is 5.82 Å². The second-order valence-corrected chi connectivity index (χ2v) is 7.70. The number of rotatable bonds is 6. The molecule has 1 fully saturated rings. The van der Waals surface area contributed by atoms with E-state index >= 15 is 0 Å². The van der Waals surface area contributed by atoms with Crippen molar-refractivity contribution in [3.05, 3.63) is 70.5 Å². The highest BCUT2D eigenvalue weighted by atomic mass is 19.1. The Bertz CT molecular complexity index is 749. The van der Waals surface area contributed by atoms with Crippen LogP contribution >= 0.6 is 0 Å². The van der Waals surface area contributed by atoms with Crippen LogP contribution in [0.3, 0.4) is 0 Å². The van der Waals surface area contributed by atoms with Gasteiger partial charge in [0.05, 0.1) is 5.56 Å². The van der Waals surface area contributed by atoms with Crippen molar-refractivity contribution in [2.75, 3.05) is 0 Å². The summed E-state index contributed by atoms with van der Waals surface area (Å²) in [6, 6.07) is 15.6. The van der Waals surface area contributed by atoms with Gasteiger partial charge in [-0.25, -0.2) is 4.39 Å². The Morgan fingerprint density at radius 3 is 2.31 bits per heavy atom. The van der Waals surface area contributed by atoms with Crippen LogP contribution < -0.4 is 0 Å². The average molecular weight is 349 g/mol. The number of benzene rings is 2. The minimum Gasteiger partial charge on any atom is -0.206 e. The number of hydrogen-bond acceptors (Lipinski definition) is 1. The van der Waals surface area contributed by atoms with E-state index in [1.165, 1.54) is 62.1 Å². The fourth-order valence-electron chi connectivity index (χ4n) is 4.18. The van der Waals surface area contributed by atoms with Gasteiger partial charge in [-0.1, -0.05) is 56.5 Å². The molecule has 3 rings (SSSR count). The van der Waals surface area contributed by atoms with Crippen LogP contribution in [0.1, 0.15) is 80.0 Å². The van der Waals surface area contributed by atoms with Crippen LogP contribution in [0.15, 0.2) is 42.5 Å². The number of hydrogen-bond donors (Lipinski definition) is 0. The van der Waals surface area contributed by atoms with E-state index in [-0.39, 0.29) is 5.56 Å². The van der Waals surface area contributed by atoms with E-state index in [1.54, 1.807) is 6.07 Å². The zero-order valence-corrected chi connectivity index (χ0v) is 15.7. The molecule has 0 amide bonds. The summed E-state index contributed by atoms with van der Waals surface area (Å²) >= 11 is 0. The summed E-state index contributed by atoms with van der Waals surface area (Å²) in [7, 11) is 0. The molecule has 1 aliphatic rings. The van der Waals surface area contributed by atoms with Gasteiger partial charge in [-0.05, 0) is 72.8 Å². The van der Waals surface area contributed by atoms with Gasteiger partial charge in [0.15, 0.2) is 0 Å². The summed E-state index contributed by atoms with van der Waals surface area (Å²) in [6.45, 7) is 2.28. The van der Waals surface area contributed by atoms with Crippen LogP contribution in [-0.2, 0) is 6.42 Å². The predicted molar refractivity (Wildman–Crippen MR) is 105 cm³/mol. The quantitative estimate of drug-likeness (QED) is 0.565. The van der Waals surface area contributed by atoms with Gasteiger partial charge in [-0.3, -0.25) is 0 Å². The summed E-state index contributed by atoms with van der Waals surface area (Å²) in [5.74, 6) is 1.22. The molecule has 0 saturated heterocycles. The summed E-state index contributed by atoms with van der Waals surface area (Å²) < 4.78 is 13.7. The maximum Gasteiger partial charge on any atom is 0.141 e. The Labute approximate surface area is 156 Å². The molecule has 2 aromatic rings. The third-order valence-electron chi connectivity index (χ3n) is 5.83. The van der Waals surface area contributed by atoms with Crippen molar-refractivity contribution in [3.63, 3.8) is 0 Å². The molecule has 26 heavy (non-hydrogen) atoms. The molecule has 136 valence electrons. The zero-order valence-electron chi connectivity index (χ0n) is 15.7. The molecular weight excluding hydrogens is 321 g/mol. The van der Waals surface area contributed by atoms with Gasteiger partial charge in [0.25, 0.3) is 0 Å². The molecule has 1 saturated carbocycles. The van der Waals surface area contributed by atoms with Gasteiger partial charge in [0, 0.05) is 0 Å². The molecular formula is C24H28FN. The third-order valence-corrected chi connectivity index (χ3v) is 5.83. The monoisotopic (exact) mass is 349 g/mol. The van der Waals surface area contributed by atoms with Crippen LogP contribution in [-0.4, -0.2) is 0 Å². The Kier molecular flexibility index (Phi) is 6.45. The molecule has 0 bridgehead atoms. The van der Waals surface area contributed by atoms with Crippen molar-refractivity contribution in [1.82, 2.24) is 0 Å². The van der Waals surface area contributed by atoms with Crippen LogP contribution in [0.2, 0.25) is 0 Å². The first kappa shape index (κ1) is 18.6. The van der Waals surface area contributed by atoms with Crippen LogP contribution in [0, 0.1) is 23.1 Å². The lowest BCUT2D eigenvalue weighted by Crippen LogP contribution is -2.13. The smallest absolute Gasteiger partial charge is 0.141 e. The summed E-state index contributed by atoms with van der Waals surface area (Å²) in [6.07, 6.45) is 10.2. The lowest BCUT2D eigenvalue weighted by atomic mass is 9.77. The first-order valence-electron chi connectivity index (χ1n) is 9.97. The fourth-order valence-corrected chi connectivity index (χ4v) is 4.18. The molecule has 2 aromatic carbocycles. The Balaban J connectivity index is 1.57. The van der Waals surface area contributed by atoms with Crippen molar-refractivity contribution < 1.29 is 4.39 Å². The largest absolute Gasteiger partial charge is 0.206 e.